The summed E-state index contributed by atoms with van der Waals surface area (Å²) in [4.78, 5) is 7.08. The smallest absolute Gasteiger partial charge is 0.194 e. The summed E-state index contributed by atoms with van der Waals surface area (Å²) in [6.07, 6.45) is 8.55. The van der Waals surface area contributed by atoms with Crippen molar-refractivity contribution in [2.24, 2.45) is 0 Å². The standard InChI is InChI=1S/C14H21N3S2/c1-10-8-17-12(11(2)16-13(17)19-10)7-15-9-14(18-3)5-4-6-14/h8,15H,4-7,9H2,1-3H3. The monoisotopic (exact) mass is 295 g/mol. The van der Waals surface area contributed by atoms with Crippen LogP contribution < -0.4 is 5.32 Å². The van der Waals surface area contributed by atoms with Crippen LogP contribution in [0, 0.1) is 13.8 Å². The molecule has 0 bridgehead atoms. The van der Waals surface area contributed by atoms with E-state index in [1.54, 1.807) is 11.3 Å². The Bertz CT molecular complexity index is 575. The second-order valence-corrected chi connectivity index (χ2v) is 7.97. The lowest BCUT2D eigenvalue weighted by molar-refractivity contribution is 0.345. The van der Waals surface area contributed by atoms with Crippen LogP contribution in [0.1, 0.15) is 35.5 Å². The SMILES string of the molecule is CSC1(CNCc2c(C)nc3sc(C)cn23)CCC1. The zero-order valence-electron chi connectivity index (χ0n) is 11.8. The number of thioether (sulfide) groups is 1. The number of nitrogens with zero attached hydrogens (tertiary/aromatic N) is 2. The van der Waals surface area contributed by atoms with Gasteiger partial charge in [-0.3, -0.25) is 4.40 Å². The Balaban J connectivity index is 1.69. The van der Waals surface area contributed by atoms with Crippen molar-refractivity contribution in [3.05, 3.63) is 22.5 Å². The quantitative estimate of drug-likeness (QED) is 0.917. The van der Waals surface area contributed by atoms with Gasteiger partial charge in [-0.25, -0.2) is 4.98 Å². The van der Waals surface area contributed by atoms with Gasteiger partial charge >= 0.3 is 0 Å². The maximum atomic E-state index is 4.64. The minimum absolute atomic E-state index is 0.502. The van der Waals surface area contributed by atoms with E-state index >= 15 is 0 Å². The molecule has 0 spiro atoms. The minimum atomic E-state index is 0.502. The molecule has 104 valence electrons. The molecule has 0 aliphatic heterocycles. The molecule has 3 rings (SSSR count). The van der Waals surface area contributed by atoms with Crippen LogP contribution in [0.15, 0.2) is 6.20 Å². The lowest BCUT2D eigenvalue weighted by Crippen LogP contribution is -2.43. The van der Waals surface area contributed by atoms with E-state index in [9.17, 15) is 0 Å². The summed E-state index contributed by atoms with van der Waals surface area (Å²) in [5, 5.41) is 3.65. The maximum Gasteiger partial charge on any atom is 0.194 e. The van der Waals surface area contributed by atoms with Gasteiger partial charge in [0.2, 0.25) is 0 Å². The third-order valence-corrected chi connectivity index (χ3v) is 6.50. The van der Waals surface area contributed by atoms with Crippen LogP contribution in [0.4, 0.5) is 0 Å². The molecule has 1 aliphatic rings. The molecule has 1 saturated carbocycles. The van der Waals surface area contributed by atoms with E-state index in [2.05, 4.69) is 41.0 Å². The van der Waals surface area contributed by atoms with Crippen molar-refractivity contribution in [2.45, 2.75) is 44.4 Å². The van der Waals surface area contributed by atoms with Crippen LogP contribution in [0.2, 0.25) is 0 Å². The number of thiazole rings is 1. The number of aromatic nitrogens is 2. The molecule has 0 saturated heterocycles. The molecule has 3 nitrogen and oxygen atoms in total. The predicted molar refractivity (Wildman–Crippen MR) is 84.3 cm³/mol. The van der Waals surface area contributed by atoms with Crippen LogP contribution in [-0.2, 0) is 6.54 Å². The summed E-state index contributed by atoms with van der Waals surface area (Å²) >= 11 is 3.79. The first kappa shape index (κ1) is 13.5. The van der Waals surface area contributed by atoms with Crippen molar-refractivity contribution in [2.75, 3.05) is 12.8 Å². The average Bonchev–Trinajstić information content (AvgIpc) is 2.79. The van der Waals surface area contributed by atoms with Crippen molar-refractivity contribution in [1.29, 1.82) is 0 Å². The summed E-state index contributed by atoms with van der Waals surface area (Å²) < 4.78 is 2.75. The van der Waals surface area contributed by atoms with Crippen molar-refractivity contribution >= 4 is 28.1 Å². The highest BCUT2D eigenvalue weighted by Gasteiger charge is 2.35. The third kappa shape index (κ3) is 2.43. The van der Waals surface area contributed by atoms with Crippen LogP contribution in [0.25, 0.3) is 4.96 Å². The summed E-state index contributed by atoms with van der Waals surface area (Å²) in [6.45, 7) is 6.29. The number of rotatable bonds is 5. The van der Waals surface area contributed by atoms with E-state index < -0.39 is 0 Å². The Labute approximate surface area is 122 Å². The van der Waals surface area contributed by atoms with Crippen molar-refractivity contribution < 1.29 is 0 Å². The van der Waals surface area contributed by atoms with Crippen LogP contribution >= 0.6 is 23.1 Å². The Hall–Kier alpha value is -0.520. The molecule has 0 atom stereocenters. The van der Waals surface area contributed by atoms with E-state index in [4.69, 9.17) is 0 Å². The Morgan fingerprint density at radius 2 is 2.26 bits per heavy atom. The molecule has 2 aromatic heterocycles. The Morgan fingerprint density at radius 1 is 1.47 bits per heavy atom. The normalized spacial score (nSPS) is 17.8. The molecular weight excluding hydrogens is 274 g/mol. The minimum Gasteiger partial charge on any atom is -0.310 e. The van der Waals surface area contributed by atoms with Crippen molar-refractivity contribution in [3.8, 4) is 0 Å². The lowest BCUT2D eigenvalue weighted by Gasteiger charge is -2.40. The van der Waals surface area contributed by atoms with Gasteiger partial charge in [0.1, 0.15) is 0 Å². The Morgan fingerprint density at radius 3 is 2.89 bits per heavy atom. The van der Waals surface area contributed by atoms with Gasteiger partial charge in [0.25, 0.3) is 0 Å². The molecule has 19 heavy (non-hydrogen) atoms. The number of imidazole rings is 1. The van der Waals surface area contributed by atoms with Crippen molar-refractivity contribution in [3.63, 3.8) is 0 Å². The molecule has 2 heterocycles. The largest absolute Gasteiger partial charge is 0.310 e. The molecule has 5 heteroatoms. The highest BCUT2D eigenvalue weighted by atomic mass is 32.2. The number of nitrogens with one attached hydrogen (secondary N) is 1. The molecule has 0 amide bonds. The number of fused-ring (bicyclic) bond motifs is 1. The highest BCUT2D eigenvalue weighted by molar-refractivity contribution is 8.00. The summed E-state index contributed by atoms with van der Waals surface area (Å²) in [5.74, 6) is 0. The topological polar surface area (TPSA) is 29.3 Å². The van der Waals surface area contributed by atoms with Gasteiger partial charge in [-0.15, -0.1) is 11.3 Å². The Kier molecular flexibility index (Phi) is 3.62. The summed E-state index contributed by atoms with van der Waals surface area (Å²) in [5.41, 5.74) is 2.47. The number of hydrogen-bond donors (Lipinski definition) is 1. The molecule has 0 radical (unpaired) electrons. The molecule has 1 aliphatic carbocycles. The summed E-state index contributed by atoms with van der Waals surface area (Å²) in [6, 6.07) is 0. The van der Waals surface area contributed by atoms with Gasteiger partial charge in [-0.1, -0.05) is 6.42 Å². The molecule has 0 aromatic carbocycles. The number of hydrogen-bond acceptors (Lipinski definition) is 4. The first-order valence-electron chi connectivity index (χ1n) is 6.83. The zero-order valence-corrected chi connectivity index (χ0v) is 13.5. The van der Waals surface area contributed by atoms with Crippen molar-refractivity contribution in [1.82, 2.24) is 14.7 Å². The van der Waals surface area contributed by atoms with E-state index in [0.717, 1.165) is 23.7 Å². The fourth-order valence-electron chi connectivity index (χ4n) is 2.75. The molecule has 2 aromatic rings. The second kappa shape index (κ2) is 5.11. The van der Waals surface area contributed by atoms with Gasteiger partial charge < -0.3 is 5.32 Å². The van der Waals surface area contributed by atoms with E-state index in [1.807, 2.05) is 11.8 Å². The van der Waals surface area contributed by atoms with Gasteiger partial charge in [-0.05, 0) is 32.9 Å². The van der Waals surface area contributed by atoms with Gasteiger partial charge in [-0.2, -0.15) is 11.8 Å². The molecular formula is C14H21N3S2. The van der Waals surface area contributed by atoms with E-state index in [1.165, 1.54) is 29.8 Å². The van der Waals surface area contributed by atoms with Crippen LogP contribution in [0.5, 0.6) is 0 Å². The van der Waals surface area contributed by atoms with E-state index in [0.29, 0.717) is 4.75 Å². The molecule has 0 unspecified atom stereocenters. The molecule has 1 fully saturated rings. The third-order valence-electron chi connectivity index (χ3n) is 4.18. The fraction of sp³-hybridized carbons (Fsp3) is 0.643. The van der Waals surface area contributed by atoms with Gasteiger partial charge in [0.15, 0.2) is 4.96 Å². The van der Waals surface area contributed by atoms with Gasteiger partial charge in [0, 0.05) is 28.9 Å². The second-order valence-electron chi connectivity index (χ2n) is 5.48. The molecule has 1 N–H and O–H groups in total. The lowest BCUT2D eigenvalue weighted by atomic mass is 9.84. The highest BCUT2D eigenvalue weighted by Crippen LogP contribution is 2.42. The average molecular weight is 295 g/mol. The first-order valence-corrected chi connectivity index (χ1v) is 8.87. The van der Waals surface area contributed by atoms with Gasteiger partial charge in [0.05, 0.1) is 11.4 Å². The first-order chi connectivity index (χ1) is 9.13. The predicted octanol–water partition coefficient (Wildman–Crippen LogP) is 3.39. The van der Waals surface area contributed by atoms with E-state index in [-0.39, 0.29) is 0 Å². The zero-order chi connectivity index (χ0) is 13.5. The number of aryl methyl sites for hydroxylation is 2. The fourth-order valence-corrected chi connectivity index (χ4v) is 4.59. The summed E-state index contributed by atoms with van der Waals surface area (Å²) in [7, 11) is 0. The maximum absolute atomic E-state index is 4.64. The van der Waals surface area contributed by atoms with Crippen LogP contribution in [-0.4, -0.2) is 26.9 Å². The van der Waals surface area contributed by atoms with Crippen LogP contribution in [0.3, 0.4) is 0 Å².